The molecule has 0 saturated carbocycles. The number of anilines is 1. The number of benzene rings is 1. The van der Waals surface area contributed by atoms with Crippen molar-refractivity contribution in [1.29, 1.82) is 0 Å². The number of carbonyl (C=O) groups excluding carboxylic acids is 2. The fourth-order valence-corrected chi connectivity index (χ4v) is 3.52. The molecule has 1 aliphatic rings. The third-order valence-corrected chi connectivity index (χ3v) is 5.00. The first kappa shape index (κ1) is 18.8. The largest absolute Gasteiger partial charge is 0.497 e. The number of ether oxygens (including phenoxy) is 2. The number of methoxy groups -OCH3 is 2. The minimum Gasteiger partial charge on any atom is -0.497 e. The molecule has 1 aromatic carbocycles. The van der Waals surface area contributed by atoms with Crippen LogP contribution in [0, 0.1) is 0 Å². The van der Waals surface area contributed by atoms with Crippen LogP contribution in [-0.2, 0) is 0 Å². The van der Waals surface area contributed by atoms with Gasteiger partial charge in [-0.15, -0.1) is 0 Å². The zero-order chi connectivity index (χ0) is 20.4. The van der Waals surface area contributed by atoms with Crippen molar-refractivity contribution in [1.82, 2.24) is 14.3 Å². The van der Waals surface area contributed by atoms with Crippen LogP contribution in [0.4, 0.5) is 5.69 Å². The molecular formula is C21H22N4O4. The lowest BCUT2D eigenvalue weighted by molar-refractivity contribution is 0.0789. The number of aromatic nitrogens is 2. The zero-order valence-corrected chi connectivity index (χ0v) is 16.3. The summed E-state index contributed by atoms with van der Waals surface area (Å²) in [5.74, 6) is 0.614. The minimum absolute atomic E-state index is 0.132. The molecule has 3 heterocycles. The van der Waals surface area contributed by atoms with Crippen LogP contribution < -0.4 is 14.8 Å². The smallest absolute Gasteiger partial charge is 0.292 e. The van der Waals surface area contributed by atoms with Crippen LogP contribution in [0.3, 0.4) is 0 Å². The topological polar surface area (TPSA) is 85.2 Å². The van der Waals surface area contributed by atoms with Gasteiger partial charge in [-0.25, -0.2) is 4.98 Å². The number of imidazole rings is 1. The molecule has 0 aliphatic carbocycles. The van der Waals surface area contributed by atoms with E-state index in [4.69, 9.17) is 9.47 Å². The van der Waals surface area contributed by atoms with E-state index in [0.29, 0.717) is 35.8 Å². The Labute approximate surface area is 168 Å². The van der Waals surface area contributed by atoms with Crippen molar-refractivity contribution in [2.24, 2.45) is 0 Å². The molecule has 3 aromatic rings. The van der Waals surface area contributed by atoms with Crippen molar-refractivity contribution in [3.8, 4) is 11.5 Å². The van der Waals surface area contributed by atoms with Crippen molar-refractivity contribution < 1.29 is 19.1 Å². The quantitative estimate of drug-likeness (QED) is 0.719. The second kappa shape index (κ2) is 7.83. The van der Waals surface area contributed by atoms with Gasteiger partial charge in [0.05, 0.1) is 25.4 Å². The highest BCUT2D eigenvalue weighted by atomic mass is 16.5. The Kier molecular flexibility index (Phi) is 5.07. The standard InChI is InChI=1S/C21H22N4O4/c1-28-14-8-9-17(29-2)15(13-14)22-20(26)19-23-18(16-7-3-4-12-25(16)19)21(27)24-10-5-6-11-24/h3-4,7-9,12-13H,5-6,10-11H2,1-2H3,(H,22,26). The van der Waals surface area contributed by atoms with E-state index in [1.165, 1.54) is 7.11 Å². The minimum atomic E-state index is -0.446. The van der Waals surface area contributed by atoms with Crippen LogP contribution in [0.25, 0.3) is 5.52 Å². The number of nitrogens with one attached hydrogen (secondary N) is 1. The molecule has 150 valence electrons. The summed E-state index contributed by atoms with van der Waals surface area (Å²) >= 11 is 0. The molecule has 1 fully saturated rings. The maximum atomic E-state index is 13.0. The van der Waals surface area contributed by atoms with Gasteiger partial charge in [0.15, 0.2) is 5.69 Å². The average molecular weight is 394 g/mol. The van der Waals surface area contributed by atoms with Crippen molar-refractivity contribution in [3.63, 3.8) is 0 Å². The summed E-state index contributed by atoms with van der Waals surface area (Å²) in [5, 5.41) is 2.81. The van der Waals surface area contributed by atoms with Crippen LogP contribution in [0.2, 0.25) is 0 Å². The highest BCUT2D eigenvalue weighted by Crippen LogP contribution is 2.29. The lowest BCUT2D eigenvalue weighted by atomic mass is 10.2. The molecular weight excluding hydrogens is 372 g/mol. The molecule has 0 atom stereocenters. The van der Waals surface area contributed by atoms with Gasteiger partial charge in [0.25, 0.3) is 11.8 Å². The number of likely N-dealkylation sites (tertiary alicyclic amines) is 1. The summed E-state index contributed by atoms with van der Waals surface area (Å²) in [6, 6.07) is 10.5. The molecule has 1 saturated heterocycles. The summed E-state index contributed by atoms with van der Waals surface area (Å²) in [5.41, 5.74) is 1.35. The predicted molar refractivity (Wildman–Crippen MR) is 108 cm³/mol. The lowest BCUT2D eigenvalue weighted by Gasteiger charge is -2.13. The number of pyridine rings is 1. The maximum Gasteiger partial charge on any atom is 0.292 e. The summed E-state index contributed by atoms with van der Waals surface area (Å²) in [4.78, 5) is 32.2. The Morgan fingerprint density at radius 1 is 1.07 bits per heavy atom. The van der Waals surface area contributed by atoms with E-state index < -0.39 is 5.91 Å². The molecule has 4 rings (SSSR count). The molecule has 1 N–H and O–H groups in total. The van der Waals surface area contributed by atoms with Crippen molar-refractivity contribution >= 4 is 23.0 Å². The second-order valence-electron chi connectivity index (χ2n) is 6.76. The van der Waals surface area contributed by atoms with Gasteiger partial charge in [0.2, 0.25) is 5.82 Å². The van der Waals surface area contributed by atoms with Crippen LogP contribution in [0.15, 0.2) is 42.6 Å². The number of fused-ring (bicyclic) bond motifs is 1. The van der Waals surface area contributed by atoms with Gasteiger partial charge in [-0.2, -0.15) is 0 Å². The molecule has 29 heavy (non-hydrogen) atoms. The number of amides is 2. The van der Waals surface area contributed by atoms with E-state index in [2.05, 4.69) is 10.3 Å². The SMILES string of the molecule is COc1ccc(OC)c(NC(=O)c2nc(C(=O)N3CCCC3)c3ccccn23)c1. The Hall–Kier alpha value is -3.55. The summed E-state index contributed by atoms with van der Waals surface area (Å²) in [6.45, 7) is 1.43. The lowest BCUT2D eigenvalue weighted by Crippen LogP contribution is -2.28. The number of hydrogen-bond donors (Lipinski definition) is 1. The van der Waals surface area contributed by atoms with E-state index in [-0.39, 0.29) is 17.4 Å². The zero-order valence-electron chi connectivity index (χ0n) is 16.3. The second-order valence-corrected chi connectivity index (χ2v) is 6.76. The molecule has 2 amide bonds. The predicted octanol–water partition coefficient (Wildman–Crippen LogP) is 2.84. The summed E-state index contributed by atoms with van der Waals surface area (Å²) in [7, 11) is 3.07. The van der Waals surface area contributed by atoms with Crippen molar-refractivity contribution in [2.75, 3.05) is 32.6 Å². The average Bonchev–Trinajstić information content (AvgIpc) is 3.41. The van der Waals surface area contributed by atoms with E-state index >= 15 is 0 Å². The molecule has 1 aliphatic heterocycles. The highest BCUT2D eigenvalue weighted by Gasteiger charge is 2.27. The molecule has 2 aromatic heterocycles. The number of rotatable bonds is 5. The van der Waals surface area contributed by atoms with Gasteiger partial charge in [0, 0.05) is 25.4 Å². The van der Waals surface area contributed by atoms with Gasteiger partial charge >= 0.3 is 0 Å². The number of carbonyl (C=O) groups is 2. The molecule has 0 bridgehead atoms. The Morgan fingerprint density at radius 3 is 2.59 bits per heavy atom. The van der Waals surface area contributed by atoms with Crippen LogP contribution in [0.5, 0.6) is 11.5 Å². The normalized spacial score (nSPS) is 13.5. The fourth-order valence-electron chi connectivity index (χ4n) is 3.52. The molecule has 8 nitrogen and oxygen atoms in total. The van der Waals surface area contributed by atoms with E-state index in [9.17, 15) is 9.59 Å². The third-order valence-electron chi connectivity index (χ3n) is 5.00. The molecule has 0 unspecified atom stereocenters. The maximum absolute atomic E-state index is 13.0. The van der Waals surface area contributed by atoms with Crippen LogP contribution >= 0.6 is 0 Å². The number of nitrogens with zero attached hydrogens (tertiary/aromatic N) is 3. The Morgan fingerprint density at radius 2 is 1.86 bits per heavy atom. The van der Waals surface area contributed by atoms with Gasteiger partial charge in [-0.05, 0) is 37.1 Å². The summed E-state index contributed by atoms with van der Waals surface area (Å²) in [6.07, 6.45) is 3.70. The highest BCUT2D eigenvalue weighted by molar-refractivity contribution is 6.06. The molecule has 8 heteroatoms. The van der Waals surface area contributed by atoms with Crippen molar-refractivity contribution in [2.45, 2.75) is 12.8 Å². The van der Waals surface area contributed by atoms with Crippen molar-refractivity contribution in [3.05, 3.63) is 54.1 Å². The first-order valence-electron chi connectivity index (χ1n) is 9.42. The molecule has 0 spiro atoms. The van der Waals surface area contributed by atoms with E-state index in [1.54, 1.807) is 52.9 Å². The number of hydrogen-bond acceptors (Lipinski definition) is 5. The third kappa shape index (κ3) is 3.49. The first-order valence-corrected chi connectivity index (χ1v) is 9.42. The Balaban J connectivity index is 1.71. The van der Waals surface area contributed by atoms with Crippen LogP contribution in [0.1, 0.15) is 33.9 Å². The summed E-state index contributed by atoms with van der Waals surface area (Å²) < 4.78 is 12.2. The Bertz CT molecular complexity index is 1070. The van der Waals surface area contributed by atoms with Gasteiger partial charge in [0.1, 0.15) is 11.5 Å². The first-order chi connectivity index (χ1) is 14.1. The van der Waals surface area contributed by atoms with Gasteiger partial charge in [-0.1, -0.05) is 6.07 Å². The van der Waals surface area contributed by atoms with E-state index in [1.807, 2.05) is 6.07 Å². The van der Waals surface area contributed by atoms with Gasteiger partial charge in [-0.3, -0.25) is 14.0 Å². The fraction of sp³-hybridized carbons (Fsp3) is 0.286. The van der Waals surface area contributed by atoms with Crippen LogP contribution in [-0.4, -0.2) is 53.4 Å². The van der Waals surface area contributed by atoms with E-state index in [0.717, 1.165) is 12.8 Å². The van der Waals surface area contributed by atoms with Gasteiger partial charge < -0.3 is 19.7 Å². The molecule has 0 radical (unpaired) electrons. The monoisotopic (exact) mass is 394 g/mol.